The molecule has 1 aromatic heterocycles. The number of para-hydroxylation sites is 1. The highest BCUT2D eigenvalue weighted by Gasteiger charge is 2.20. The normalized spacial score (nSPS) is 12.3. The number of rotatable bonds is 5. The maximum absolute atomic E-state index is 6.35. The molecule has 0 saturated heterocycles. The summed E-state index contributed by atoms with van der Waals surface area (Å²) in [5.41, 5.74) is 4.90. The van der Waals surface area contributed by atoms with Gasteiger partial charge in [0.2, 0.25) is 8.32 Å². The Morgan fingerprint density at radius 2 is 1.73 bits per heavy atom. The number of aryl methyl sites for hydroxylation is 2. The fourth-order valence-electron chi connectivity index (χ4n) is 2.72. The first-order valence-corrected chi connectivity index (χ1v) is 12.2. The molecule has 0 amide bonds. The molecule has 4 nitrogen and oxygen atoms in total. The van der Waals surface area contributed by atoms with Gasteiger partial charge >= 0.3 is 0 Å². The standard InChI is InChI=1S/C21H25N3OSi/c1-16-10-9-13-19(21(16)25-26(3,4)5)23-20(17-11-7-6-8-12-17)18-14-22-24(2)15-18/h6-15H,1-5H3. The van der Waals surface area contributed by atoms with Crippen LogP contribution in [0.3, 0.4) is 0 Å². The monoisotopic (exact) mass is 363 g/mol. The van der Waals surface area contributed by atoms with Gasteiger partial charge in [-0.1, -0.05) is 42.5 Å². The number of benzene rings is 2. The molecule has 1 heterocycles. The summed E-state index contributed by atoms with van der Waals surface area (Å²) in [7, 11) is 0.163. The van der Waals surface area contributed by atoms with Gasteiger partial charge in [-0.25, -0.2) is 4.99 Å². The molecule has 0 radical (unpaired) electrons. The van der Waals surface area contributed by atoms with Crippen molar-refractivity contribution in [1.82, 2.24) is 9.78 Å². The smallest absolute Gasteiger partial charge is 0.242 e. The average Bonchev–Trinajstić information content (AvgIpc) is 3.01. The molecule has 0 aliphatic rings. The second-order valence-electron chi connectivity index (χ2n) is 7.37. The van der Waals surface area contributed by atoms with Crippen molar-refractivity contribution in [2.75, 3.05) is 0 Å². The highest BCUT2D eigenvalue weighted by molar-refractivity contribution is 6.70. The van der Waals surface area contributed by atoms with Crippen molar-refractivity contribution in [3.8, 4) is 5.75 Å². The zero-order chi connectivity index (χ0) is 18.7. The zero-order valence-electron chi connectivity index (χ0n) is 16.0. The maximum atomic E-state index is 6.35. The average molecular weight is 364 g/mol. The highest BCUT2D eigenvalue weighted by atomic mass is 28.4. The van der Waals surface area contributed by atoms with E-state index < -0.39 is 8.32 Å². The molecule has 0 fully saturated rings. The van der Waals surface area contributed by atoms with Crippen molar-refractivity contribution in [3.63, 3.8) is 0 Å². The van der Waals surface area contributed by atoms with Crippen LogP contribution in [0.2, 0.25) is 19.6 Å². The summed E-state index contributed by atoms with van der Waals surface area (Å²) < 4.78 is 8.15. The van der Waals surface area contributed by atoms with Crippen LogP contribution in [-0.2, 0) is 7.05 Å². The van der Waals surface area contributed by atoms with Crippen LogP contribution in [0.25, 0.3) is 0 Å². The van der Waals surface area contributed by atoms with E-state index in [9.17, 15) is 0 Å². The summed E-state index contributed by atoms with van der Waals surface area (Å²) >= 11 is 0. The summed E-state index contributed by atoms with van der Waals surface area (Å²) in [6.45, 7) is 8.63. The first-order chi connectivity index (χ1) is 12.3. The van der Waals surface area contributed by atoms with E-state index in [1.54, 1.807) is 4.68 Å². The number of hydrogen-bond donors (Lipinski definition) is 0. The minimum absolute atomic E-state index is 0.857. The van der Waals surface area contributed by atoms with Crippen LogP contribution >= 0.6 is 0 Å². The Kier molecular flexibility index (Phi) is 5.09. The Labute approximate surface area is 156 Å². The molecule has 5 heteroatoms. The van der Waals surface area contributed by atoms with Crippen LogP contribution in [0.1, 0.15) is 16.7 Å². The minimum Gasteiger partial charge on any atom is -0.543 e. The van der Waals surface area contributed by atoms with Gasteiger partial charge in [-0.05, 0) is 38.2 Å². The lowest BCUT2D eigenvalue weighted by molar-refractivity contribution is 0.554. The first-order valence-electron chi connectivity index (χ1n) is 8.75. The predicted molar refractivity (Wildman–Crippen MR) is 110 cm³/mol. The van der Waals surface area contributed by atoms with Crippen LogP contribution < -0.4 is 4.43 Å². The maximum Gasteiger partial charge on any atom is 0.242 e. The van der Waals surface area contributed by atoms with Gasteiger partial charge in [0, 0.05) is 24.4 Å². The summed E-state index contributed by atoms with van der Waals surface area (Å²) in [5.74, 6) is 0.879. The van der Waals surface area contributed by atoms with Gasteiger partial charge in [0.25, 0.3) is 0 Å². The largest absolute Gasteiger partial charge is 0.543 e. The molecule has 0 aliphatic carbocycles. The van der Waals surface area contributed by atoms with E-state index in [1.165, 1.54) is 0 Å². The SMILES string of the molecule is Cc1cccc(N=C(c2ccccc2)c2cnn(C)c2)c1O[Si](C)(C)C. The topological polar surface area (TPSA) is 39.4 Å². The number of aliphatic imine (C=N–C) groups is 1. The molecule has 3 rings (SSSR count). The fraction of sp³-hybridized carbons (Fsp3) is 0.238. The van der Waals surface area contributed by atoms with Crippen molar-refractivity contribution < 1.29 is 4.43 Å². The fourth-order valence-corrected chi connectivity index (χ4v) is 3.60. The summed E-state index contributed by atoms with van der Waals surface area (Å²) in [5, 5.41) is 4.32. The van der Waals surface area contributed by atoms with Crippen molar-refractivity contribution in [2.45, 2.75) is 26.6 Å². The Hall–Kier alpha value is -2.66. The van der Waals surface area contributed by atoms with Crippen LogP contribution in [0.5, 0.6) is 5.75 Å². The lowest BCUT2D eigenvalue weighted by Crippen LogP contribution is -2.29. The molecule has 0 N–H and O–H groups in total. The zero-order valence-corrected chi connectivity index (χ0v) is 17.0. The Morgan fingerprint density at radius 3 is 2.35 bits per heavy atom. The molecule has 0 saturated carbocycles. The van der Waals surface area contributed by atoms with Crippen LogP contribution in [0, 0.1) is 6.92 Å². The quantitative estimate of drug-likeness (QED) is 0.467. The van der Waals surface area contributed by atoms with Gasteiger partial charge in [0.15, 0.2) is 0 Å². The first kappa shape index (κ1) is 18.1. The Bertz CT molecular complexity index is 924. The van der Waals surface area contributed by atoms with Gasteiger partial charge in [0.05, 0.1) is 11.9 Å². The minimum atomic E-state index is -1.75. The summed E-state index contributed by atoms with van der Waals surface area (Å²) in [4.78, 5) is 5.02. The summed E-state index contributed by atoms with van der Waals surface area (Å²) in [6, 6.07) is 16.3. The van der Waals surface area contributed by atoms with Crippen LogP contribution in [0.4, 0.5) is 5.69 Å². The molecule has 2 aromatic carbocycles. The van der Waals surface area contributed by atoms with E-state index in [0.29, 0.717) is 0 Å². The highest BCUT2D eigenvalue weighted by Crippen LogP contribution is 2.34. The van der Waals surface area contributed by atoms with Gasteiger partial charge in [0.1, 0.15) is 11.4 Å². The second-order valence-corrected chi connectivity index (χ2v) is 11.8. The third-order valence-electron chi connectivity index (χ3n) is 3.86. The van der Waals surface area contributed by atoms with E-state index in [0.717, 1.165) is 33.8 Å². The van der Waals surface area contributed by atoms with E-state index in [1.807, 2.05) is 49.8 Å². The molecule has 0 aliphatic heterocycles. The van der Waals surface area contributed by atoms with Gasteiger partial charge in [-0.3, -0.25) is 4.68 Å². The molecule has 3 aromatic rings. The van der Waals surface area contributed by atoms with Gasteiger partial charge < -0.3 is 4.43 Å². The molecule has 134 valence electrons. The molecule has 0 unspecified atom stereocenters. The van der Waals surface area contributed by atoms with Crippen LogP contribution in [-0.4, -0.2) is 23.8 Å². The Morgan fingerprint density at radius 1 is 1.00 bits per heavy atom. The Balaban J connectivity index is 2.17. The van der Waals surface area contributed by atoms with Crippen molar-refractivity contribution in [1.29, 1.82) is 0 Å². The lowest BCUT2D eigenvalue weighted by Gasteiger charge is -2.22. The predicted octanol–water partition coefficient (Wildman–Crippen LogP) is 5.11. The third kappa shape index (κ3) is 4.29. The van der Waals surface area contributed by atoms with Crippen molar-refractivity contribution >= 4 is 19.7 Å². The van der Waals surface area contributed by atoms with E-state index in [2.05, 4.69) is 49.9 Å². The molecule has 26 heavy (non-hydrogen) atoms. The van der Waals surface area contributed by atoms with Gasteiger partial charge in [-0.2, -0.15) is 5.10 Å². The number of aromatic nitrogens is 2. The van der Waals surface area contributed by atoms with E-state index in [-0.39, 0.29) is 0 Å². The van der Waals surface area contributed by atoms with E-state index in [4.69, 9.17) is 9.42 Å². The lowest BCUT2D eigenvalue weighted by atomic mass is 10.1. The van der Waals surface area contributed by atoms with Crippen LogP contribution in [0.15, 0.2) is 65.9 Å². The van der Waals surface area contributed by atoms with Crippen molar-refractivity contribution in [3.05, 3.63) is 77.6 Å². The number of nitrogens with zero attached hydrogens (tertiary/aromatic N) is 3. The number of hydrogen-bond acceptors (Lipinski definition) is 3. The molecular weight excluding hydrogens is 338 g/mol. The van der Waals surface area contributed by atoms with E-state index >= 15 is 0 Å². The molecule has 0 spiro atoms. The molecule has 0 bridgehead atoms. The summed E-state index contributed by atoms with van der Waals surface area (Å²) in [6.07, 6.45) is 3.83. The molecular formula is C21H25N3OSi. The van der Waals surface area contributed by atoms with Crippen molar-refractivity contribution in [2.24, 2.45) is 12.0 Å². The third-order valence-corrected chi connectivity index (χ3v) is 4.67. The van der Waals surface area contributed by atoms with Gasteiger partial charge in [-0.15, -0.1) is 0 Å². The molecule has 0 atom stereocenters. The second kappa shape index (κ2) is 7.29.